The van der Waals surface area contributed by atoms with E-state index in [1.807, 2.05) is 36.4 Å². The van der Waals surface area contributed by atoms with Gasteiger partial charge in [0.25, 0.3) is 0 Å². The number of amidine groups is 1. The van der Waals surface area contributed by atoms with Crippen LogP contribution in [0, 0.1) is 6.92 Å². The fourth-order valence-electron chi connectivity index (χ4n) is 3.04. The Morgan fingerprint density at radius 1 is 1.16 bits per heavy atom. The first-order valence-corrected chi connectivity index (χ1v) is 8.72. The number of hydrogen-bond donors (Lipinski definition) is 0. The molecule has 0 saturated carbocycles. The van der Waals surface area contributed by atoms with Crippen LogP contribution in [-0.4, -0.2) is 31.8 Å². The molecule has 1 aliphatic rings. The van der Waals surface area contributed by atoms with Crippen molar-refractivity contribution in [1.29, 1.82) is 0 Å². The van der Waals surface area contributed by atoms with Gasteiger partial charge in [0.05, 0.1) is 13.7 Å². The first-order chi connectivity index (χ1) is 12.2. The zero-order valence-corrected chi connectivity index (χ0v) is 14.9. The fraction of sp³-hybridized carbons (Fsp3) is 0.333. The first kappa shape index (κ1) is 17.2. The van der Waals surface area contributed by atoms with Gasteiger partial charge in [-0.25, -0.2) is 0 Å². The maximum atomic E-state index is 12.8. The molecule has 1 heterocycles. The quantitative estimate of drug-likeness (QED) is 0.766. The molecular formula is C21H24N2O2. The van der Waals surface area contributed by atoms with Gasteiger partial charge < -0.3 is 9.64 Å². The number of methoxy groups -OCH3 is 1. The fourth-order valence-corrected chi connectivity index (χ4v) is 3.04. The van der Waals surface area contributed by atoms with E-state index < -0.39 is 0 Å². The number of ketones is 1. The summed E-state index contributed by atoms with van der Waals surface area (Å²) >= 11 is 0. The molecule has 0 spiro atoms. The first-order valence-electron chi connectivity index (χ1n) is 8.72. The highest BCUT2D eigenvalue weighted by atomic mass is 16.5. The highest BCUT2D eigenvalue weighted by Gasteiger charge is 2.20. The second-order valence-electron chi connectivity index (χ2n) is 6.33. The molecule has 0 radical (unpaired) electrons. The summed E-state index contributed by atoms with van der Waals surface area (Å²) in [5.41, 5.74) is 2.90. The Bertz CT molecular complexity index is 766. The lowest BCUT2D eigenvalue weighted by atomic mass is 10.1. The average molecular weight is 336 g/mol. The normalized spacial score (nSPS) is 13.9. The topological polar surface area (TPSA) is 41.9 Å². The number of rotatable bonds is 5. The Hall–Kier alpha value is -2.62. The Balaban J connectivity index is 1.86. The monoisotopic (exact) mass is 336 g/mol. The van der Waals surface area contributed by atoms with Gasteiger partial charge in [0.2, 0.25) is 0 Å². The van der Waals surface area contributed by atoms with Crippen molar-refractivity contribution >= 4 is 17.3 Å². The summed E-state index contributed by atoms with van der Waals surface area (Å²) in [6.45, 7) is 3.21. The molecule has 0 atom stereocenters. The zero-order chi connectivity index (χ0) is 17.6. The molecular weight excluding hydrogens is 312 g/mol. The molecule has 130 valence electrons. The van der Waals surface area contributed by atoms with E-state index >= 15 is 0 Å². The minimum Gasteiger partial charge on any atom is -0.497 e. The second kappa shape index (κ2) is 7.97. The van der Waals surface area contributed by atoms with E-state index in [4.69, 9.17) is 4.74 Å². The van der Waals surface area contributed by atoms with Crippen LogP contribution in [0.15, 0.2) is 53.5 Å². The van der Waals surface area contributed by atoms with Crippen LogP contribution in [0.25, 0.3) is 0 Å². The minimum absolute atomic E-state index is 0.0810. The molecule has 3 rings (SSSR count). The predicted molar refractivity (Wildman–Crippen MR) is 102 cm³/mol. The van der Waals surface area contributed by atoms with E-state index in [0.717, 1.165) is 43.1 Å². The zero-order valence-electron chi connectivity index (χ0n) is 14.9. The number of Topliss-reactive ketones (excluding diaryl/α,β-unsaturated/α-hetero) is 1. The number of nitrogens with zero attached hydrogens (tertiary/aromatic N) is 2. The molecule has 0 N–H and O–H groups in total. The summed E-state index contributed by atoms with van der Waals surface area (Å²) in [5.74, 6) is 1.85. The molecule has 1 aliphatic heterocycles. The van der Waals surface area contributed by atoms with E-state index in [9.17, 15) is 4.79 Å². The van der Waals surface area contributed by atoms with Crippen LogP contribution < -0.4 is 9.64 Å². The van der Waals surface area contributed by atoms with E-state index in [1.54, 1.807) is 7.11 Å². The number of ether oxygens (including phenoxy) is 1. The minimum atomic E-state index is 0.0810. The van der Waals surface area contributed by atoms with Gasteiger partial charge in [-0.15, -0.1) is 0 Å². The third-order valence-corrected chi connectivity index (χ3v) is 4.44. The summed E-state index contributed by atoms with van der Waals surface area (Å²) < 4.78 is 5.17. The van der Waals surface area contributed by atoms with E-state index in [1.165, 1.54) is 5.56 Å². The Morgan fingerprint density at radius 3 is 2.60 bits per heavy atom. The van der Waals surface area contributed by atoms with Crippen LogP contribution in [0.5, 0.6) is 5.75 Å². The Kier molecular flexibility index (Phi) is 5.49. The van der Waals surface area contributed by atoms with Crippen molar-refractivity contribution in [2.75, 3.05) is 25.1 Å². The van der Waals surface area contributed by atoms with Gasteiger partial charge in [0.1, 0.15) is 11.6 Å². The molecule has 4 heteroatoms. The standard InChI is InChI=1S/C21H24N2O2/c1-16-6-5-7-18(14-16)23(21-8-3-4-13-22-21)15-20(24)17-9-11-19(25-2)12-10-17/h5-7,9-12,14H,3-4,8,13,15H2,1-2H3. The van der Waals surface area contributed by atoms with Gasteiger partial charge >= 0.3 is 0 Å². The van der Waals surface area contributed by atoms with Gasteiger partial charge in [-0.1, -0.05) is 12.1 Å². The van der Waals surface area contributed by atoms with Crippen LogP contribution in [-0.2, 0) is 0 Å². The molecule has 0 unspecified atom stereocenters. The maximum Gasteiger partial charge on any atom is 0.182 e. The molecule has 0 bridgehead atoms. The molecule has 0 amide bonds. The van der Waals surface area contributed by atoms with E-state index in [0.29, 0.717) is 12.1 Å². The number of carbonyl (C=O) groups is 1. The van der Waals surface area contributed by atoms with Crippen molar-refractivity contribution in [2.45, 2.75) is 26.2 Å². The SMILES string of the molecule is COc1ccc(C(=O)CN(C2=NCCCC2)c2cccc(C)c2)cc1. The summed E-state index contributed by atoms with van der Waals surface area (Å²) in [6.07, 6.45) is 3.17. The van der Waals surface area contributed by atoms with E-state index in [-0.39, 0.29) is 5.78 Å². The van der Waals surface area contributed by atoms with Gasteiger partial charge in [0, 0.05) is 24.2 Å². The average Bonchev–Trinajstić information content (AvgIpc) is 2.66. The second-order valence-corrected chi connectivity index (χ2v) is 6.33. The molecule has 0 aromatic heterocycles. The smallest absolute Gasteiger partial charge is 0.182 e. The van der Waals surface area contributed by atoms with Crippen molar-refractivity contribution < 1.29 is 9.53 Å². The largest absolute Gasteiger partial charge is 0.497 e. The molecule has 2 aromatic carbocycles. The highest BCUT2D eigenvalue weighted by molar-refractivity contribution is 6.07. The van der Waals surface area contributed by atoms with Crippen molar-refractivity contribution in [3.63, 3.8) is 0 Å². The molecule has 2 aromatic rings. The number of hydrogen-bond acceptors (Lipinski definition) is 4. The number of aliphatic imine (C=N–C) groups is 1. The van der Waals surface area contributed by atoms with Gasteiger partial charge in [-0.3, -0.25) is 9.79 Å². The lowest BCUT2D eigenvalue weighted by molar-refractivity contribution is 0.100. The molecule has 0 aliphatic carbocycles. The van der Waals surface area contributed by atoms with Crippen LogP contribution in [0.2, 0.25) is 0 Å². The van der Waals surface area contributed by atoms with Crippen molar-refractivity contribution in [2.24, 2.45) is 4.99 Å². The summed E-state index contributed by atoms with van der Waals surface area (Å²) in [4.78, 5) is 19.6. The Morgan fingerprint density at radius 2 is 1.96 bits per heavy atom. The van der Waals surface area contributed by atoms with Crippen molar-refractivity contribution in [1.82, 2.24) is 0 Å². The van der Waals surface area contributed by atoms with Gasteiger partial charge in [0.15, 0.2) is 5.78 Å². The molecule has 25 heavy (non-hydrogen) atoms. The molecule has 4 nitrogen and oxygen atoms in total. The highest BCUT2D eigenvalue weighted by Crippen LogP contribution is 2.21. The third-order valence-electron chi connectivity index (χ3n) is 4.44. The summed E-state index contributed by atoms with van der Waals surface area (Å²) in [7, 11) is 1.62. The maximum absolute atomic E-state index is 12.8. The predicted octanol–water partition coefficient (Wildman–Crippen LogP) is 4.28. The summed E-state index contributed by atoms with van der Waals surface area (Å²) in [5, 5.41) is 0. The molecule has 0 saturated heterocycles. The van der Waals surface area contributed by atoms with Crippen molar-refractivity contribution in [3.8, 4) is 5.75 Å². The lowest BCUT2D eigenvalue weighted by Crippen LogP contribution is -2.37. The Labute approximate surface area is 149 Å². The van der Waals surface area contributed by atoms with Crippen molar-refractivity contribution in [3.05, 3.63) is 59.7 Å². The van der Waals surface area contributed by atoms with Crippen LogP contribution in [0.1, 0.15) is 35.2 Å². The van der Waals surface area contributed by atoms with E-state index in [2.05, 4.69) is 28.9 Å². The molecule has 0 fully saturated rings. The number of carbonyl (C=O) groups excluding carboxylic acids is 1. The van der Waals surface area contributed by atoms with Gasteiger partial charge in [-0.2, -0.15) is 0 Å². The van der Waals surface area contributed by atoms with Crippen LogP contribution in [0.4, 0.5) is 5.69 Å². The van der Waals surface area contributed by atoms with Crippen LogP contribution >= 0.6 is 0 Å². The lowest BCUT2D eigenvalue weighted by Gasteiger charge is -2.28. The van der Waals surface area contributed by atoms with Crippen LogP contribution in [0.3, 0.4) is 0 Å². The number of aryl methyl sites for hydroxylation is 1. The summed E-state index contributed by atoms with van der Waals surface area (Å²) in [6, 6.07) is 15.5. The number of anilines is 1. The van der Waals surface area contributed by atoms with Gasteiger partial charge in [-0.05, 0) is 61.7 Å². The number of benzene rings is 2. The third kappa shape index (κ3) is 4.27.